The molecule has 0 aliphatic heterocycles. The summed E-state index contributed by atoms with van der Waals surface area (Å²) in [4.78, 5) is 4.46. The highest BCUT2D eigenvalue weighted by Crippen LogP contribution is 2.25. The number of aliphatic hydroxyl groups is 1. The van der Waals surface area contributed by atoms with Gasteiger partial charge >= 0.3 is 0 Å². The summed E-state index contributed by atoms with van der Waals surface area (Å²) >= 11 is 0. The Morgan fingerprint density at radius 1 is 1.14 bits per heavy atom. The molecule has 108 valence electrons. The SMILES string of the molecule is NCc1c(Oc2ccc(CCO)cc2)nc2ccccn12. The molecule has 3 N–H and O–H groups in total. The van der Waals surface area contributed by atoms with E-state index in [0.717, 1.165) is 16.9 Å². The fraction of sp³-hybridized carbons (Fsp3) is 0.188. The number of pyridine rings is 1. The second kappa shape index (κ2) is 5.95. The summed E-state index contributed by atoms with van der Waals surface area (Å²) < 4.78 is 7.77. The number of imidazole rings is 1. The molecular formula is C16H17N3O2. The van der Waals surface area contributed by atoms with Crippen molar-refractivity contribution in [2.24, 2.45) is 5.73 Å². The third kappa shape index (κ3) is 2.74. The maximum absolute atomic E-state index is 8.92. The van der Waals surface area contributed by atoms with Gasteiger partial charge < -0.3 is 15.6 Å². The van der Waals surface area contributed by atoms with Gasteiger partial charge in [-0.15, -0.1) is 0 Å². The van der Waals surface area contributed by atoms with Gasteiger partial charge in [-0.3, -0.25) is 4.40 Å². The molecule has 5 heteroatoms. The van der Waals surface area contributed by atoms with Crippen LogP contribution in [0.2, 0.25) is 0 Å². The Bertz CT molecular complexity index is 735. The van der Waals surface area contributed by atoms with E-state index in [1.54, 1.807) is 0 Å². The summed E-state index contributed by atoms with van der Waals surface area (Å²) in [5.74, 6) is 1.23. The van der Waals surface area contributed by atoms with Crippen LogP contribution in [0.25, 0.3) is 5.65 Å². The molecule has 3 rings (SSSR count). The van der Waals surface area contributed by atoms with Crippen LogP contribution in [0, 0.1) is 0 Å². The molecule has 3 aromatic rings. The molecule has 2 heterocycles. The van der Waals surface area contributed by atoms with Gasteiger partial charge in [0.05, 0.1) is 0 Å². The molecule has 5 nitrogen and oxygen atoms in total. The van der Waals surface area contributed by atoms with E-state index in [1.165, 1.54) is 0 Å². The Kier molecular flexibility index (Phi) is 3.85. The molecule has 1 aromatic carbocycles. The van der Waals surface area contributed by atoms with Gasteiger partial charge in [-0.2, -0.15) is 4.98 Å². The first-order valence-corrected chi connectivity index (χ1v) is 6.85. The number of hydrogen-bond donors (Lipinski definition) is 2. The number of fused-ring (bicyclic) bond motifs is 1. The van der Waals surface area contributed by atoms with Gasteiger partial charge in [0.2, 0.25) is 5.88 Å². The van der Waals surface area contributed by atoms with Gasteiger partial charge in [0.15, 0.2) is 0 Å². The zero-order valence-electron chi connectivity index (χ0n) is 11.6. The van der Waals surface area contributed by atoms with Crippen LogP contribution in [0.4, 0.5) is 0 Å². The summed E-state index contributed by atoms with van der Waals surface area (Å²) in [5, 5.41) is 8.92. The van der Waals surface area contributed by atoms with Crippen LogP contribution in [0.3, 0.4) is 0 Å². The lowest BCUT2D eigenvalue weighted by atomic mass is 10.1. The topological polar surface area (TPSA) is 72.8 Å². The third-order valence-electron chi connectivity index (χ3n) is 3.32. The lowest BCUT2D eigenvalue weighted by molar-refractivity contribution is 0.299. The van der Waals surface area contributed by atoms with Crippen molar-refractivity contribution in [1.82, 2.24) is 9.38 Å². The quantitative estimate of drug-likeness (QED) is 0.752. The molecule has 0 radical (unpaired) electrons. The van der Waals surface area contributed by atoms with Gasteiger partial charge in [0.1, 0.15) is 17.1 Å². The number of aliphatic hydroxyl groups excluding tert-OH is 1. The maximum atomic E-state index is 8.92. The number of ether oxygens (including phenoxy) is 1. The minimum atomic E-state index is 0.143. The van der Waals surface area contributed by atoms with Gasteiger partial charge in [0, 0.05) is 19.3 Å². The standard InChI is InChI=1S/C16H17N3O2/c17-11-14-16(18-15-3-1-2-9-19(14)15)21-13-6-4-12(5-7-13)8-10-20/h1-7,9,20H,8,10-11,17H2. The zero-order chi connectivity index (χ0) is 14.7. The number of nitrogens with zero attached hydrogens (tertiary/aromatic N) is 2. The zero-order valence-corrected chi connectivity index (χ0v) is 11.6. The predicted octanol–water partition coefficient (Wildman–Crippen LogP) is 2.12. The second-order valence-corrected chi connectivity index (χ2v) is 4.72. The summed E-state index contributed by atoms with van der Waals surface area (Å²) in [6.07, 6.45) is 2.56. The first kappa shape index (κ1) is 13.6. The Morgan fingerprint density at radius 2 is 1.95 bits per heavy atom. The van der Waals surface area contributed by atoms with E-state index in [4.69, 9.17) is 15.6 Å². The van der Waals surface area contributed by atoms with Crippen LogP contribution in [0.15, 0.2) is 48.7 Å². The van der Waals surface area contributed by atoms with E-state index >= 15 is 0 Å². The molecule has 21 heavy (non-hydrogen) atoms. The van der Waals surface area contributed by atoms with Crippen molar-refractivity contribution in [1.29, 1.82) is 0 Å². The van der Waals surface area contributed by atoms with Gasteiger partial charge in [-0.1, -0.05) is 18.2 Å². The number of benzene rings is 1. The second-order valence-electron chi connectivity index (χ2n) is 4.72. The minimum Gasteiger partial charge on any atom is -0.437 e. The van der Waals surface area contributed by atoms with Crippen LogP contribution in [0.5, 0.6) is 11.6 Å². The van der Waals surface area contributed by atoms with E-state index in [9.17, 15) is 0 Å². The van der Waals surface area contributed by atoms with Crippen molar-refractivity contribution in [3.8, 4) is 11.6 Å². The average Bonchev–Trinajstić information content (AvgIpc) is 2.86. The van der Waals surface area contributed by atoms with E-state index < -0.39 is 0 Å². The van der Waals surface area contributed by atoms with Crippen molar-refractivity contribution >= 4 is 5.65 Å². The van der Waals surface area contributed by atoms with Crippen molar-refractivity contribution in [3.63, 3.8) is 0 Å². The first-order valence-electron chi connectivity index (χ1n) is 6.85. The molecule has 0 unspecified atom stereocenters. The number of hydrogen-bond acceptors (Lipinski definition) is 4. The lowest BCUT2D eigenvalue weighted by Gasteiger charge is -2.06. The summed E-state index contributed by atoms with van der Waals surface area (Å²) in [7, 11) is 0. The smallest absolute Gasteiger partial charge is 0.242 e. The van der Waals surface area contributed by atoms with Crippen LogP contribution >= 0.6 is 0 Å². The molecule has 0 atom stereocenters. The normalized spacial score (nSPS) is 11.0. The predicted molar refractivity (Wildman–Crippen MR) is 80.4 cm³/mol. The largest absolute Gasteiger partial charge is 0.437 e. The van der Waals surface area contributed by atoms with Crippen molar-refractivity contribution in [3.05, 3.63) is 59.9 Å². The highest BCUT2D eigenvalue weighted by Gasteiger charge is 2.12. The van der Waals surface area contributed by atoms with Gasteiger partial charge in [-0.05, 0) is 36.2 Å². The van der Waals surface area contributed by atoms with E-state index in [1.807, 2.05) is 53.1 Å². The van der Waals surface area contributed by atoms with Crippen molar-refractivity contribution < 1.29 is 9.84 Å². The summed E-state index contributed by atoms with van der Waals surface area (Å²) in [5.41, 5.74) is 8.53. The fourth-order valence-electron chi connectivity index (χ4n) is 2.26. The third-order valence-corrected chi connectivity index (χ3v) is 3.32. The number of nitrogens with two attached hydrogens (primary N) is 1. The van der Waals surface area contributed by atoms with Gasteiger partial charge in [-0.25, -0.2) is 0 Å². The highest BCUT2D eigenvalue weighted by molar-refractivity contribution is 5.46. The average molecular weight is 283 g/mol. The summed E-state index contributed by atoms with van der Waals surface area (Å²) in [6.45, 7) is 0.493. The molecule has 0 bridgehead atoms. The van der Waals surface area contributed by atoms with E-state index in [2.05, 4.69) is 4.98 Å². The van der Waals surface area contributed by atoms with Crippen LogP contribution in [0.1, 0.15) is 11.3 Å². The Labute approximate surface area is 122 Å². The van der Waals surface area contributed by atoms with E-state index in [-0.39, 0.29) is 6.61 Å². The van der Waals surface area contributed by atoms with Crippen molar-refractivity contribution in [2.45, 2.75) is 13.0 Å². The summed E-state index contributed by atoms with van der Waals surface area (Å²) in [6, 6.07) is 13.4. The maximum Gasteiger partial charge on any atom is 0.242 e. The van der Waals surface area contributed by atoms with Gasteiger partial charge in [0.25, 0.3) is 0 Å². The van der Waals surface area contributed by atoms with Crippen LogP contribution < -0.4 is 10.5 Å². The molecule has 0 aliphatic rings. The lowest BCUT2D eigenvalue weighted by Crippen LogP contribution is -2.02. The molecule has 0 spiro atoms. The number of aromatic nitrogens is 2. The fourth-order valence-corrected chi connectivity index (χ4v) is 2.26. The molecule has 0 fully saturated rings. The molecule has 0 amide bonds. The molecule has 0 aliphatic carbocycles. The molecular weight excluding hydrogens is 266 g/mol. The minimum absolute atomic E-state index is 0.143. The molecule has 2 aromatic heterocycles. The molecule has 0 saturated carbocycles. The number of rotatable bonds is 5. The van der Waals surface area contributed by atoms with Crippen LogP contribution in [-0.4, -0.2) is 21.1 Å². The highest BCUT2D eigenvalue weighted by atomic mass is 16.5. The van der Waals surface area contributed by atoms with Crippen molar-refractivity contribution in [2.75, 3.05) is 6.61 Å². The van der Waals surface area contributed by atoms with Crippen LogP contribution in [-0.2, 0) is 13.0 Å². The Morgan fingerprint density at radius 3 is 2.67 bits per heavy atom. The molecule has 0 saturated heterocycles. The van der Waals surface area contributed by atoms with E-state index in [0.29, 0.717) is 24.6 Å². The monoisotopic (exact) mass is 283 g/mol. The first-order chi connectivity index (χ1) is 10.3. The Balaban J connectivity index is 1.90. The Hall–Kier alpha value is -2.37.